The van der Waals surface area contributed by atoms with E-state index in [-0.39, 0.29) is 9.79 Å². The van der Waals surface area contributed by atoms with Crippen LogP contribution in [0.15, 0.2) is 43.0 Å². The number of urea groups is 2. The molecule has 0 saturated carbocycles. The summed E-state index contributed by atoms with van der Waals surface area (Å²) >= 11 is 0. The van der Waals surface area contributed by atoms with Gasteiger partial charge in [0.15, 0.2) is 19.8 Å². The molecule has 0 saturated heterocycles. The summed E-state index contributed by atoms with van der Waals surface area (Å²) in [6.07, 6.45) is 16.7. The second kappa shape index (κ2) is 14.6. The highest BCUT2D eigenvalue weighted by Gasteiger charge is 2.29. The number of fused-ring (bicyclic) bond motifs is 6. The van der Waals surface area contributed by atoms with E-state index in [0.29, 0.717) is 38.1 Å². The molecule has 56 heavy (non-hydrogen) atoms. The number of carbonyl (C=O) groups is 2. The van der Waals surface area contributed by atoms with E-state index in [9.17, 15) is 18.0 Å². The molecule has 2 aliphatic heterocycles. The molecule has 6 N–H and O–H groups in total. The van der Waals surface area contributed by atoms with Crippen LogP contribution in [0, 0.1) is 0 Å². The Kier molecular flexibility index (Phi) is 9.62. The molecule has 4 aliphatic carbocycles. The van der Waals surface area contributed by atoms with Crippen LogP contribution in [0.2, 0.25) is 0 Å². The number of rotatable bonds is 4. The predicted octanol–water partition coefficient (Wildman–Crippen LogP) is 5.15. The van der Waals surface area contributed by atoms with Gasteiger partial charge in [-0.2, -0.15) is 10.2 Å². The Balaban J connectivity index is 0.000000146. The minimum Gasteiger partial charge on any atom is -0.477 e. The lowest BCUT2D eigenvalue weighted by Crippen LogP contribution is -2.21. The first-order chi connectivity index (χ1) is 27.1. The van der Waals surface area contributed by atoms with Crippen LogP contribution < -0.4 is 30.4 Å². The van der Waals surface area contributed by atoms with Crippen LogP contribution in [-0.2, 0) is 84.3 Å². The molecule has 4 amide bonds. The number of aromatic nitrogens is 4. The molecule has 4 heterocycles. The maximum atomic E-state index is 13.0. The lowest BCUT2D eigenvalue weighted by Gasteiger charge is -2.16. The monoisotopic (exact) mass is 802 g/mol. The zero-order chi connectivity index (χ0) is 38.6. The molecule has 2 aromatic heterocycles. The lowest BCUT2D eigenvalue weighted by atomic mass is 9.99. The molecule has 2 aromatic carbocycles. The van der Waals surface area contributed by atoms with Crippen molar-refractivity contribution >= 4 is 43.3 Å². The van der Waals surface area contributed by atoms with Gasteiger partial charge in [-0.25, -0.2) is 37.6 Å². The van der Waals surface area contributed by atoms with Gasteiger partial charge in [0, 0.05) is 37.3 Å². The Hall–Kier alpha value is -4.78. The van der Waals surface area contributed by atoms with Crippen LogP contribution in [-0.4, -0.2) is 53.3 Å². The maximum Gasteiger partial charge on any atom is 0.354 e. The largest absolute Gasteiger partial charge is 0.477 e. The molecule has 4 aromatic rings. The van der Waals surface area contributed by atoms with Gasteiger partial charge in [0.25, 0.3) is 0 Å². The Labute approximate surface area is 325 Å². The fraction of sp³-hybridized carbons (Fsp3) is 0.474. The van der Waals surface area contributed by atoms with Gasteiger partial charge in [0.05, 0.1) is 25.6 Å². The molecule has 6 aliphatic rings. The van der Waals surface area contributed by atoms with Crippen LogP contribution in [0.5, 0.6) is 11.8 Å². The summed E-state index contributed by atoms with van der Waals surface area (Å²) in [6, 6.07) is 3.22. The zero-order valence-electron chi connectivity index (χ0n) is 31.1. The van der Waals surface area contributed by atoms with E-state index in [1.54, 1.807) is 9.36 Å². The molecule has 2 atom stereocenters. The van der Waals surface area contributed by atoms with E-state index in [2.05, 4.69) is 41.7 Å². The summed E-state index contributed by atoms with van der Waals surface area (Å²) < 4.78 is 48.0. The number of amides is 4. The van der Waals surface area contributed by atoms with Crippen molar-refractivity contribution in [3.8, 4) is 11.8 Å². The second-order valence-electron chi connectivity index (χ2n) is 15.1. The van der Waals surface area contributed by atoms with Gasteiger partial charge in [-0.05, 0) is 122 Å². The van der Waals surface area contributed by atoms with Crippen LogP contribution in [0.1, 0.15) is 83.0 Å². The summed E-state index contributed by atoms with van der Waals surface area (Å²) in [5.41, 5.74) is 11.7. The molecule has 0 radical (unpaired) electrons. The maximum absolute atomic E-state index is 13.0. The first-order valence-electron chi connectivity index (χ1n) is 19.5. The Bertz CT molecular complexity index is 2300. The Morgan fingerprint density at radius 3 is 1.30 bits per heavy atom. The topological polar surface area (TPSA) is 223 Å². The number of benzene rings is 2. The fourth-order valence-electron chi connectivity index (χ4n) is 9.03. The standard InChI is InChI=1S/2C19H23N5O3S/c2*20-28(26,16-11-21-24-8-3-9-27-18(16)24)23-19(25)22-17-14-6-1-4-12(14)10-13-5-2-7-15(13)17/h2*10-11H,1-9H2,(H3,20,22,23,25,26). The number of nitrogens with two attached hydrogens (primary N) is 2. The normalized spacial score (nSPS) is 19.2. The number of hydrogen-bond donors (Lipinski definition) is 4. The molecule has 16 nitrogen and oxygen atoms in total. The van der Waals surface area contributed by atoms with Gasteiger partial charge in [0.2, 0.25) is 11.8 Å². The summed E-state index contributed by atoms with van der Waals surface area (Å²) in [6.45, 7) is 2.34. The fourth-order valence-corrected chi connectivity index (χ4v) is 11.0. The van der Waals surface area contributed by atoms with E-state index < -0.39 is 31.9 Å². The number of aryl methyl sites for hydroxylation is 6. The number of nitrogens with one attached hydrogen (secondary N) is 2. The lowest BCUT2D eigenvalue weighted by molar-refractivity contribution is 0.224. The smallest absolute Gasteiger partial charge is 0.354 e. The van der Waals surface area contributed by atoms with Crippen molar-refractivity contribution in [1.82, 2.24) is 19.6 Å². The summed E-state index contributed by atoms with van der Waals surface area (Å²) in [5, 5.41) is 26.0. The van der Waals surface area contributed by atoms with E-state index in [1.165, 1.54) is 56.9 Å². The van der Waals surface area contributed by atoms with Crippen LogP contribution >= 0.6 is 0 Å². The van der Waals surface area contributed by atoms with E-state index in [4.69, 9.17) is 19.8 Å². The number of ether oxygens (including phenoxy) is 2. The van der Waals surface area contributed by atoms with E-state index in [1.807, 2.05) is 0 Å². The Morgan fingerprint density at radius 2 is 0.946 bits per heavy atom. The molecule has 0 bridgehead atoms. The third kappa shape index (κ3) is 6.85. The van der Waals surface area contributed by atoms with Gasteiger partial charge in [-0.3, -0.25) is 0 Å². The number of hydrogen-bond acceptors (Lipinski definition) is 8. The number of anilines is 2. The van der Waals surface area contributed by atoms with Crippen LogP contribution in [0.4, 0.5) is 21.0 Å². The zero-order valence-corrected chi connectivity index (χ0v) is 32.8. The van der Waals surface area contributed by atoms with Gasteiger partial charge in [-0.15, -0.1) is 8.73 Å². The first-order valence-corrected chi connectivity index (χ1v) is 22.6. The molecule has 18 heteroatoms. The molecule has 10 rings (SSSR count). The van der Waals surface area contributed by atoms with Crippen molar-refractivity contribution in [2.45, 2.75) is 113 Å². The van der Waals surface area contributed by atoms with E-state index in [0.717, 1.165) is 101 Å². The highest BCUT2D eigenvalue weighted by Crippen LogP contribution is 2.40. The number of carbonyl (C=O) groups excluding carboxylic acids is 2. The molecule has 296 valence electrons. The molecular formula is C38H46N10O6S2. The second-order valence-corrected chi connectivity index (χ2v) is 18.6. The highest BCUT2D eigenvalue weighted by molar-refractivity contribution is 7.92. The average Bonchev–Trinajstić information content (AvgIpc) is 4.02. The third-order valence-electron chi connectivity index (χ3n) is 11.5. The van der Waals surface area contributed by atoms with Crippen molar-refractivity contribution in [1.29, 1.82) is 0 Å². The first kappa shape index (κ1) is 36.8. The van der Waals surface area contributed by atoms with Gasteiger partial charge < -0.3 is 20.1 Å². The third-order valence-corrected chi connectivity index (χ3v) is 14.2. The van der Waals surface area contributed by atoms with Crippen molar-refractivity contribution in [3.63, 3.8) is 0 Å². The average molecular weight is 803 g/mol. The molecule has 0 spiro atoms. The minimum absolute atomic E-state index is 0.172. The summed E-state index contributed by atoms with van der Waals surface area (Å²) in [7, 11) is -6.90. The van der Waals surface area contributed by atoms with Crippen molar-refractivity contribution in [2.24, 2.45) is 19.0 Å². The summed E-state index contributed by atoms with van der Waals surface area (Å²) in [4.78, 5) is 25.7. The molecular weight excluding hydrogens is 757 g/mol. The van der Waals surface area contributed by atoms with E-state index >= 15 is 0 Å². The SMILES string of the molecule is NS(=O)(=NC(=O)Nc1c2c(cc3c1CCC3)CCC2)c1cnn2c1OCCC2.NS(=O)(=NC(=O)Nc1c2c(cc3c1CCC3)CCC2)c1cnn2c1OCCC2. The van der Waals surface area contributed by atoms with Crippen LogP contribution in [0.3, 0.4) is 0 Å². The van der Waals surface area contributed by atoms with Crippen LogP contribution in [0.25, 0.3) is 0 Å². The number of nitrogens with zero attached hydrogens (tertiary/aromatic N) is 6. The molecule has 2 unspecified atom stereocenters. The highest BCUT2D eigenvalue weighted by atomic mass is 32.2. The Morgan fingerprint density at radius 1 is 0.589 bits per heavy atom. The van der Waals surface area contributed by atoms with Gasteiger partial charge in [-0.1, -0.05) is 12.1 Å². The quantitative estimate of drug-likeness (QED) is 0.215. The summed E-state index contributed by atoms with van der Waals surface area (Å²) in [5.74, 6) is 0.689. The van der Waals surface area contributed by atoms with Crippen molar-refractivity contribution < 1.29 is 27.5 Å². The minimum atomic E-state index is -3.45. The molecule has 0 fully saturated rings. The van der Waals surface area contributed by atoms with Crippen molar-refractivity contribution in [2.75, 3.05) is 23.8 Å². The van der Waals surface area contributed by atoms with Gasteiger partial charge in [0.1, 0.15) is 9.79 Å². The van der Waals surface area contributed by atoms with Gasteiger partial charge >= 0.3 is 12.1 Å². The predicted molar refractivity (Wildman–Crippen MR) is 210 cm³/mol. The van der Waals surface area contributed by atoms with Crippen molar-refractivity contribution in [3.05, 3.63) is 69.0 Å².